The number of aromatic nitrogens is 2. The number of amides is 1. The SMILES string of the molecule is O=C(c1c[nH]c(=O)n(Cc2ccccc2Cl)c1=O)N1CCN(c2cccc(C(F)(F)F)c2)CC1. The average molecular weight is 493 g/mol. The van der Waals surface area contributed by atoms with E-state index in [1.54, 1.807) is 35.2 Å². The molecular weight excluding hydrogens is 473 g/mol. The molecule has 34 heavy (non-hydrogen) atoms. The van der Waals surface area contributed by atoms with Crippen molar-refractivity contribution in [1.82, 2.24) is 14.5 Å². The Morgan fingerprint density at radius 2 is 1.71 bits per heavy atom. The van der Waals surface area contributed by atoms with Crippen LogP contribution in [0, 0.1) is 0 Å². The van der Waals surface area contributed by atoms with Crippen LogP contribution in [-0.4, -0.2) is 46.5 Å². The van der Waals surface area contributed by atoms with Gasteiger partial charge < -0.3 is 14.8 Å². The average Bonchev–Trinajstić information content (AvgIpc) is 2.82. The molecule has 2 heterocycles. The number of anilines is 1. The molecule has 0 radical (unpaired) electrons. The van der Waals surface area contributed by atoms with Gasteiger partial charge >= 0.3 is 11.9 Å². The molecule has 1 N–H and O–H groups in total. The third-order valence-corrected chi connectivity index (χ3v) is 6.05. The molecule has 1 fully saturated rings. The molecular formula is C23H20ClF3N4O3. The molecule has 1 aromatic heterocycles. The number of piperazine rings is 1. The number of rotatable bonds is 4. The maximum Gasteiger partial charge on any atom is 0.416 e. The molecule has 0 unspecified atom stereocenters. The maximum absolute atomic E-state index is 13.0. The fraction of sp³-hybridized carbons (Fsp3) is 0.261. The zero-order valence-corrected chi connectivity index (χ0v) is 18.6. The zero-order chi connectivity index (χ0) is 24.5. The van der Waals surface area contributed by atoms with Crippen molar-refractivity contribution in [2.24, 2.45) is 0 Å². The first-order valence-corrected chi connectivity index (χ1v) is 10.8. The lowest BCUT2D eigenvalue weighted by Crippen LogP contribution is -2.50. The monoisotopic (exact) mass is 492 g/mol. The topological polar surface area (TPSA) is 78.4 Å². The van der Waals surface area contributed by atoms with Crippen LogP contribution >= 0.6 is 11.6 Å². The number of hydrogen-bond donors (Lipinski definition) is 1. The molecule has 0 spiro atoms. The largest absolute Gasteiger partial charge is 0.416 e. The number of nitrogens with one attached hydrogen (secondary N) is 1. The van der Waals surface area contributed by atoms with Crippen molar-refractivity contribution in [3.8, 4) is 0 Å². The molecule has 1 aliphatic rings. The number of alkyl halides is 3. The highest BCUT2D eigenvalue weighted by atomic mass is 35.5. The summed E-state index contributed by atoms with van der Waals surface area (Å²) in [6.07, 6.45) is -3.35. The van der Waals surface area contributed by atoms with Crippen molar-refractivity contribution in [2.45, 2.75) is 12.7 Å². The fourth-order valence-electron chi connectivity index (χ4n) is 3.82. The summed E-state index contributed by atoms with van der Waals surface area (Å²) in [6, 6.07) is 11.8. The van der Waals surface area contributed by atoms with Gasteiger partial charge in [0.15, 0.2) is 0 Å². The molecule has 3 aromatic rings. The second-order valence-corrected chi connectivity index (χ2v) is 8.22. The predicted octanol–water partition coefficient (Wildman–Crippen LogP) is 3.22. The number of aromatic amines is 1. The molecule has 0 atom stereocenters. The molecule has 7 nitrogen and oxygen atoms in total. The molecule has 0 bridgehead atoms. The molecule has 1 aliphatic heterocycles. The Morgan fingerprint density at radius 1 is 1.00 bits per heavy atom. The van der Waals surface area contributed by atoms with E-state index >= 15 is 0 Å². The summed E-state index contributed by atoms with van der Waals surface area (Å²) in [7, 11) is 0. The molecule has 11 heteroatoms. The van der Waals surface area contributed by atoms with E-state index in [4.69, 9.17) is 11.6 Å². The van der Waals surface area contributed by atoms with E-state index < -0.39 is 28.9 Å². The van der Waals surface area contributed by atoms with Gasteiger partial charge in [-0.2, -0.15) is 13.2 Å². The van der Waals surface area contributed by atoms with E-state index in [9.17, 15) is 27.6 Å². The summed E-state index contributed by atoms with van der Waals surface area (Å²) in [6.45, 7) is 0.906. The summed E-state index contributed by atoms with van der Waals surface area (Å²) >= 11 is 6.13. The van der Waals surface area contributed by atoms with E-state index in [0.29, 0.717) is 29.4 Å². The number of benzene rings is 2. The number of carbonyl (C=O) groups is 1. The molecule has 0 saturated carbocycles. The lowest BCUT2D eigenvalue weighted by Gasteiger charge is -2.36. The normalized spacial score (nSPS) is 14.4. The highest BCUT2D eigenvalue weighted by Crippen LogP contribution is 2.31. The highest BCUT2D eigenvalue weighted by Gasteiger charge is 2.31. The minimum Gasteiger partial charge on any atom is -0.368 e. The van der Waals surface area contributed by atoms with Crippen LogP contribution < -0.4 is 16.1 Å². The Hall–Kier alpha value is -3.53. The Kier molecular flexibility index (Phi) is 6.52. The van der Waals surface area contributed by atoms with Gasteiger partial charge in [0, 0.05) is 43.1 Å². The summed E-state index contributed by atoms with van der Waals surface area (Å²) < 4.78 is 40.0. The van der Waals surface area contributed by atoms with Gasteiger partial charge in [-0.05, 0) is 29.8 Å². The maximum atomic E-state index is 13.0. The van der Waals surface area contributed by atoms with Crippen LogP contribution in [0.5, 0.6) is 0 Å². The smallest absolute Gasteiger partial charge is 0.368 e. The van der Waals surface area contributed by atoms with Gasteiger partial charge in [-0.15, -0.1) is 0 Å². The Morgan fingerprint density at radius 3 is 2.38 bits per heavy atom. The lowest BCUT2D eigenvalue weighted by atomic mass is 10.1. The van der Waals surface area contributed by atoms with Gasteiger partial charge in [-0.3, -0.25) is 14.2 Å². The van der Waals surface area contributed by atoms with Crippen LogP contribution in [-0.2, 0) is 12.7 Å². The van der Waals surface area contributed by atoms with Crippen LogP contribution in [0.1, 0.15) is 21.5 Å². The summed E-state index contributed by atoms with van der Waals surface area (Å²) in [5, 5.41) is 0.385. The molecule has 1 saturated heterocycles. The van der Waals surface area contributed by atoms with Crippen molar-refractivity contribution in [3.63, 3.8) is 0 Å². The number of H-pyrrole nitrogens is 1. The van der Waals surface area contributed by atoms with Crippen molar-refractivity contribution < 1.29 is 18.0 Å². The first-order valence-electron chi connectivity index (χ1n) is 10.4. The number of carbonyl (C=O) groups excluding carboxylic acids is 1. The Bertz CT molecular complexity index is 1330. The van der Waals surface area contributed by atoms with Crippen molar-refractivity contribution in [2.75, 3.05) is 31.1 Å². The Labute approximate surface area is 197 Å². The summed E-state index contributed by atoms with van der Waals surface area (Å²) in [4.78, 5) is 43.8. The van der Waals surface area contributed by atoms with Crippen molar-refractivity contribution in [3.05, 3.63) is 97.3 Å². The predicted molar refractivity (Wildman–Crippen MR) is 121 cm³/mol. The highest BCUT2D eigenvalue weighted by molar-refractivity contribution is 6.31. The van der Waals surface area contributed by atoms with Gasteiger partial charge in [-0.1, -0.05) is 35.9 Å². The van der Waals surface area contributed by atoms with E-state index in [0.717, 1.165) is 22.9 Å². The minimum atomic E-state index is -4.44. The lowest BCUT2D eigenvalue weighted by molar-refractivity contribution is -0.137. The number of nitrogens with zero attached hydrogens (tertiary/aromatic N) is 3. The van der Waals surface area contributed by atoms with E-state index in [1.807, 2.05) is 0 Å². The van der Waals surface area contributed by atoms with E-state index in [2.05, 4.69) is 4.98 Å². The van der Waals surface area contributed by atoms with Crippen molar-refractivity contribution >= 4 is 23.2 Å². The second kappa shape index (κ2) is 9.38. The van der Waals surface area contributed by atoms with Crippen LogP contribution in [0.3, 0.4) is 0 Å². The molecule has 178 valence electrons. The fourth-order valence-corrected chi connectivity index (χ4v) is 4.02. The van der Waals surface area contributed by atoms with Gasteiger partial charge in [0.25, 0.3) is 11.5 Å². The quantitative estimate of drug-likeness (QED) is 0.606. The van der Waals surface area contributed by atoms with Gasteiger partial charge in [0.2, 0.25) is 0 Å². The first-order chi connectivity index (χ1) is 16.1. The minimum absolute atomic E-state index is 0.0989. The van der Waals surface area contributed by atoms with Crippen molar-refractivity contribution in [1.29, 1.82) is 0 Å². The number of hydrogen-bond acceptors (Lipinski definition) is 4. The summed E-state index contributed by atoms with van der Waals surface area (Å²) in [5.41, 5.74) is -1.39. The van der Waals surface area contributed by atoms with Crippen LogP contribution in [0.25, 0.3) is 0 Å². The Balaban J connectivity index is 1.50. The van der Waals surface area contributed by atoms with Gasteiger partial charge in [0.05, 0.1) is 12.1 Å². The first kappa shape index (κ1) is 23.6. The van der Waals surface area contributed by atoms with E-state index in [1.165, 1.54) is 11.0 Å². The van der Waals surface area contributed by atoms with E-state index in [-0.39, 0.29) is 25.2 Å². The van der Waals surface area contributed by atoms with Gasteiger partial charge in [0.1, 0.15) is 5.56 Å². The summed E-state index contributed by atoms with van der Waals surface area (Å²) in [5.74, 6) is -0.558. The zero-order valence-electron chi connectivity index (χ0n) is 17.8. The third kappa shape index (κ3) is 4.86. The van der Waals surface area contributed by atoms with Gasteiger partial charge in [-0.25, -0.2) is 4.79 Å². The molecule has 2 aromatic carbocycles. The third-order valence-electron chi connectivity index (χ3n) is 5.68. The van der Waals surface area contributed by atoms with Crippen LogP contribution in [0.4, 0.5) is 18.9 Å². The molecule has 0 aliphatic carbocycles. The molecule has 4 rings (SSSR count). The van der Waals surface area contributed by atoms with Crippen LogP contribution in [0.15, 0.2) is 64.3 Å². The van der Waals surface area contributed by atoms with Crippen LogP contribution in [0.2, 0.25) is 5.02 Å². The standard InChI is InChI=1S/C23H20ClF3N4O3/c24-19-7-2-1-4-15(19)14-31-21(33)18(13-28-22(31)34)20(32)30-10-8-29(9-11-30)17-6-3-5-16(12-17)23(25,26)27/h1-7,12-13H,8-11,14H2,(H,28,34). The number of halogens is 4. The molecule has 1 amide bonds. The second-order valence-electron chi connectivity index (χ2n) is 7.82.